The number of fused-ring (bicyclic) bond motifs is 1. The molecule has 3 rings (SSSR count). The lowest BCUT2D eigenvalue weighted by Crippen LogP contribution is -2.27. The molecule has 0 spiro atoms. The molecule has 1 aliphatic heterocycles. The fourth-order valence-corrected chi connectivity index (χ4v) is 4.70. The van der Waals surface area contributed by atoms with E-state index < -0.39 is 26.8 Å². The summed E-state index contributed by atoms with van der Waals surface area (Å²) >= 11 is 5.88. The molecule has 154 valence electrons. The van der Waals surface area contributed by atoms with Crippen molar-refractivity contribution in [2.45, 2.75) is 30.4 Å². The van der Waals surface area contributed by atoms with Crippen LogP contribution in [0.25, 0.3) is 0 Å². The average Bonchev–Trinajstić information content (AvgIpc) is 2.63. The van der Waals surface area contributed by atoms with Gasteiger partial charge in [0, 0.05) is 12.5 Å². The van der Waals surface area contributed by atoms with Gasteiger partial charge < -0.3 is 15.4 Å². The fourth-order valence-electron chi connectivity index (χ4n) is 2.90. The highest BCUT2D eigenvalue weighted by atomic mass is 35.5. The molecular formula is C19H18ClFN2O5S. The first-order valence-corrected chi connectivity index (χ1v) is 10.6. The second-order valence-electron chi connectivity index (χ2n) is 6.68. The summed E-state index contributed by atoms with van der Waals surface area (Å²) in [6.45, 7) is 2.81. The summed E-state index contributed by atoms with van der Waals surface area (Å²) in [6.07, 6.45) is -0.329. The third-order valence-corrected chi connectivity index (χ3v) is 7.02. The molecular weight excluding hydrogens is 423 g/mol. The van der Waals surface area contributed by atoms with Gasteiger partial charge in [-0.25, -0.2) is 12.8 Å². The van der Waals surface area contributed by atoms with Gasteiger partial charge in [0.25, 0.3) is 5.91 Å². The SMILES string of the molecule is Cc1cc2c(cc1S(=O)(=O)[C@@H](C)CC(=O)Nc1ccc(F)cc1Cl)OCC(=O)N2. The van der Waals surface area contributed by atoms with Crippen LogP contribution in [0.2, 0.25) is 5.02 Å². The number of hydrogen-bond donors (Lipinski definition) is 2. The van der Waals surface area contributed by atoms with E-state index in [0.717, 1.165) is 12.1 Å². The zero-order valence-corrected chi connectivity index (χ0v) is 17.2. The number of halogens is 2. The van der Waals surface area contributed by atoms with Crippen LogP contribution in [-0.4, -0.2) is 32.1 Å². The summed E-state index contributed by atoms with van der Waals surface area (Å²) < 4.78 is 44.4. The molecule has 1 atom stereocenters. The highest BCUT2D eigenvalue weighted by Crippen LogP contribution is 2.34. The summed E-state index contributed by atoms with van der Waals surface area (Å²) in [5.41, 5.74) is 1.01. The van der Waals surface area contributed by atoms with Crippen molar-refractivity contribution >= 4 is 44.6 Å². The number of benzene rings is 2. The zero-order valence-electron chi connectivity index (χ0n) is 15.6. The summed E-state index contributed by atoms with van der Waals surface area (Å²) in [6, 6.07) is 6.35. The minimum atomic E-state index is -3.87. The van der Waals surface area contributed by atoms with Gasteiger partial charge >= 0.3 is 0 Å². The molecule has 0 aliphatic carbocycles. The van der Waals surface area contributed by atoms with Crippen LogP contribution in [0.3, 0.4) is 0 Å². The molecule has 2 amide bonds. The van der Waals surface area contributed by atoms with Gasteiger partial charge in [-0.15, -0.1) is 0 Å². The minimum Gasteiger partial charge on any atom is -0.482 e. The molecule has 29 heavy (non-hydrogen) atoms. The largest absolute Gasteiger partial charge is 0.482 e. The van der Waals surface area contributed by atoms with E-state index in [0.29, 0.717) is 11.3 Å². The normalized spacial score (nSPS) is 14.4. The summed E-state index contributed by atoms with van der Waals surface area (Å²) in [5.74, 6) is -1.19. The Morgan fingerprint density at radius 1 is 1.34 bits per heavy atom. The molecule has 0 radical (unpaired) electrons. The monoisotopic (exact) mass is 440 g/mol. The Kier molecular flexibility index (Phi) is 5.81. The predicted octanol–water partition coefficient (Wildman–Crippen LogP) is 3.31. The third kappa shape index (κ3) is 4.51. The zero-order chi connectivity index (χ0) is 21.3. The molecule has 0 saturated carbocycles. The van der Waals surface area contributed by atoms with Crippen LogP contribution in [-0.2, 0) is 19.4 Å². The number of hydrogen-bond acceptors (Lipinski definition) is 5. The number of amides is 2. The van der Waals surface area contributed by atoms with Gasteiger partial charge in [0.1, 0.15) is 11.6 Å². The Bertz CT molecular complexity index is 1100. The maximum absolute atomic E-state index is 13.1. The molecule has 0 bridgehead atoms. The lowest BCUT2D eigenvalue weighted by molar-refractivity contribution is -0.118. The maximum Gasteiger partial charge on any atom is 0.262 e. The number of nitrogens with one attached hydrogen (secondary N) is 2. The average molecular weight is 441 g/mol. The van der Waals surface area contributed by atoms with E-state index in [-0.39, 0.29) is 40.3 Å². The van der Waals surface area contributed by atoms with E-state index in [2.05, 4.69) is 10.6 Å². The van der Waals surface area contributed by atoms with Crippen molar-refractivity contribution in [3.05, 3.63) is 46.7 Å². The molecule has 0 aromatic heterocycles. The smallest absolute Gasteiger partial charge is 0.262 e. The van der Waals surface area contributed by atoms with E-state index >= 15 is 0 Å². The van der Waals surface area contributed by atoms with E-state index in [1.807, 2.05) is 0 Å². The molecule has 0 saturated heterocycles. The van der Waals surface area contributed by atoms with Crippen molar-refractivity contribution in [2.24, 2.45) is 0 Å². The fraction of sp³-hybridized carbons (Fsp3) is 0.263. The molecule has 1 aliphatic rings. The van der Waals surface area contributed by atoms with Crippen LogP contribution in [0.5, 0.6) is 5.75 Å². The first-order chi connectivity index (χ1) is 13.6. The Morgan fingerprint density at radius 3 is 2.76 bits per heavy atom. The molecule has 2 aromatic carbocycles. The number of aryl methyl sites for hydroxylation is 1. The van der Waals surface area contributed by atoms with E-state index in [4.69, 9.17) is 16.3 Å². The van der Waals surface area contributed by atoms with E-state index in [1.165, 1.54) is 25.1 Å². The summed E-state index contributed by atoms with van der Waals surface area (Å²) in [4.78, 5) is 23.7. The molecule has 2 N–H and O–H groups in total. The van der Waals surface area contributed by atoms with Crippen LogP contribution >= 0.6 is 11.6 Å². The van der Waals surface area contributed by atoms with Crippen LogP contribution in [0.1, 0.15) is 18.9 Å². The van der Waals surface area contributed by atoms with Gasteiger partial charge in [0.15, 0.2) is 16.4 Å². The molecule has 7 nitrogen and oxygen atoms in total. The maximum atomic E-state index is 13.1. The molecule has 0 unspecified atom stereocenters. The van der Waals surface area contributed by atoms with Gasteiger partial charge in [-0.05, 0) is 43.7 Å². The second kappa shape index (κ2) is 8.00. The third-order valence-electron chi connectivity index (χ3n) is 4.42. The van der Waals surface area contributed by atoms with Crippen LogP contribution in [0.4, 0.5) is 15.8 Å². The van der Waals surface area contributed by atoms with Crippen molar-refractivity contribution in [1.82, 2.24) is 0 Å². The van der Waals surface area contributed by atoms with Gasteiger partial charge in [0.05, 0.1) is 26.5 Å². The number of rotatable bonds is 5. The quantitative estimate of drug-likeness (QED) is 0.742. The van der Waals surface area contributed by atoms with Crippen molar-refractivity contribution in [3.8, 4) is 5.75 Å². The van der Waals surface area contributed by atoms with Crippen molar-refractivity contribution < 1.29 is 27.1 Å². The molecule has 1 heterocycles. The summed E-state index contributed by atoms with van der Waals surface area (Å²) in [5, 5.41) is 4.07. The lowest BCUT2D eigenvalue weighted by atomic mass is 10.2. The Labute approximate surface area is 172 Å². The topological polar surface area (TPSA) is 102 Å². The van der Waals surface area contributed by atoms with Gasteiger partial charge in [-0.1, -0.05) is 11.6 Å². The second-order valence-corrected chi connectivity index (χ2v) is 9.42. The van der Waals surface area contributed by atoms with Crippen LogP contribution in [0.15, 0.2) is 35.2 Å². The number of carbonyl (C=O) groups excluding carboxylic acids is 2. The molecule has 10 heteroatoms. The highest BCUT2D eigenvalue weighted by molar-refractivity contribution is 7.92. The Hall–Kier alpha value is -2.65. The number of anilines is 2. The lowest BCUT2D eigenvalue weighted by Gasteiger charge is -2.21. The highest BCUT2D eigenvalue weighted by Gasteiger charge is 2.29. The summed E-state index contributed by atoms with van der Waals surface area (Å²) in [7, 11) is -3.87. The van der Waals surface area contributed by atoms with Crippen LogP contribution < -0.4 is 15.4 Å². The minimum absolute atomic E-state index is 0.0126. The number of carbonyl (C=O) groups is 2. The van der Waals surface area contributed by atoms with E-state index in [9.17, 15) is 22.4 Å². The first kappa shape index (κ1) is 21.1. The van der Waals surface area contributed by atoms with Crippen molar-refractivity contribution in [3.63, 3.8) is 0 Å². The standard InChI is InChI=1S/C19H18ClFN2O5S/c1-10-5-15-16(28-9-19(25)23-15)8-17(10)29(26,27)11(2)6-18(24)22-14-4-3-12(21)7-13(14)20/h3-5,7-8,11H,6,9H2,1-2H3,(H,22,24)(H,23,25)/t11-/m0/s1. The molecule has 0 fully saturated rings. The Balaban J connectivity index is 1.78. The van der Waals surface area contributed by atoms with E-state index in [1.54, 1.807) is 6.92 Å². The number of sulfone groups is 1. The predicted molar refractivity (Wildman–Crippen MR) is 107 cm³/mol. The first-order valence-electron chi connectivity index (χ1n) is 8.64. The van der Waals surface area contributed by atoms with Crippen molar-refractivity contribution in [1.29, 1.82) is 0 Å². The van der Waals surface area contributed by atoms with Gasteiger partial charge in [-0.2, -0.15) is 0 Å². The van der Waals surface area contributed by atoms with Gasteiger partial charge in [0.2, 0.25) is 5.91 Å². The Morgan fingerprint density at radius 2 is 2.07 bits per heavy atom. The molecule has 2 aromatic rings. The van der Waals surface area contributed by atoms with Gasteiger partial charge in [-0.3, -0.25) is 9.59 Å². The van der Waals surface area contributed by atoms with Crippen LogP contribution in [0, 0.1) is 12.7 Å². The van der Waals surface area contributed by atoms with Crippen molar-refractivity contribution in [2.75, 3.05) is 17.2 Å². The number of ether oxygens (including phenoxy) is 1.